The SMILES string of the molecule is CCCNCCNC(=O)C(C)SCC(=O)Nc1ccc(C)cc1. The summed E-state index contributed by atoms with van der Waals surface area (Å²) >= 11 is 1.34. The van der Waals surface area contributed by atoms with Gasteiger partial charge in [-0.2, -0.15) is 0 Å². The minimum atomic E-state index is -0.245. The average Bonchev–Trinajstić information content (AvgIpc) is 2.54. The van der Waals surface area contributed by atoms with Crippen molar-refractivity contribution >= 4 is 29.3 Å². The third-order valence-corrected chi connectivity index (χ3v) is 4.34. The van der Waals surface area contributed by atoms with E-state index < -0.39 is 0 Å². The van der Waals surface area contributed by atoms with E-state index in [4.69, 9.17) is 0 Å². The number of thioether (sulfide) groups is 1. The fourth-order valence-electron chi connectivity index (χ4n) is 1.83. The maximum absolute atomic E-state index is 11.9. The van der Waals surface area contributed by atoms with Gasteiger partial charge >= 0.3 is 0 Å². The number of amides is 2. The van der Waals surface area contributed by atoms with E-state index in [0.717, 1.165) is 30.8 Å². The molecular weight excluding hydrogens is 310 g/mol. The van der Waals surface area contributed by atoms with Gasteiger partial charge in [-0.05, 0) is 38.9 Å². The molecule has 0 aliphatic rings. The van der Waals surface area contributed by atoms with Gasteiger partial charge in [-0.1, -0.05) is 24.6 Å². The van der Waals surface area contributed by atoms with E-state index in [1.54, 1.807) is 0 Å². The van der Waals surface area contributed by atoms with Crippen molar-refractivity contribution in [1.29, 1.82) is 0 Å². The number of anilines is 1. The molecule has 5 nitrogen and oxygen atoms in total. The predicted octanol–water partition coefficient (Wildman–Crippen LogP) is 2.17. The van der Waals surface area contributed by atoms with Crippen molar-refractivity contribution in [2.24, 2.45) is 0 Å². The molecule has 1 atom stereocenters. The Morgan fingerprint density at radius 1 is 1.13 bits per heavy atom. The molecule has 0 saturated heterocycles. The van der Waals surface area contributed by atoms with Gasteiger partial charge in [-0.3, -0.25) is 9.59 Å². The van der Waals surface area contributed by atoms with Crippen molar-refractivity contribution in [3.63, 3.8) is 0 Å². The smallest absolute Gasteiger partial charge is 0.234 e. The number of aryl methyl sites for hydroxylation is 1. The van der Waals surface area contributed by atoms with Crippen molar-refractivity contribution in [3.05, 3.63) is 29.8 Å². The molecule has 0 heterocycles. The minimum absolute atomic E-state index is 0.0311. The molecule has 0 spiro atoms. The second-order valence-electron chi connectivity index (χ2n) is 5.41. The van der Waals surface area contributed by atoms with Crippen molar-refractivity contribution in [1.82, 2.24) is 10.6 Å². The maximum Gasteiger partial charge on any atom is 0.234 e. The zero-order valence-electron chi connectivity index (χ0n) is 14.1. The summed E-state index contributed by atoms with van der Waals surface area (Å²) in [5.41, 5.74) is 1.93. The van der Waals surface area contributed by atoms with Crippen molar-refractivity contribution < 1.29 is 9.59 Å². The summed E-state index contributed by atoms with van der Waals surface area (Å²) in [5, 5.41) is 8.68. The molecule has 6 heteroatoms. The van der Waals surface area contributed by atoms with Crippen LogP contribution in [0.15, 0.2) is 24.3 Å². The highest BCUT2D eigenvalue weighted by atomic mass is 32.2. The molecule has 1 rings (SSSR count). The number of carbonyl (C=O) groups excluding carboxylic acids is 2. The first kappa shape index (κ1) is 19.5. The maximum atomic E-state index is 11.9. The number of rotatable bonds is 10. The molecule has 0 saturated carbocycles. The summed E-state index contributed by atoms with van der Waals surface area (Å²) in [4.78, 5) is 23.8. The fraction of sp³-hybridized carbons (Fsp3) is 0.529. The topological polar surface area (TPSA) is 70.2 Å². The van der Waals surface area contributed by atoms with Crippen LogP contribution in [-0.2, 0) is 9.59 Å². The second-order valence-corrected chi connectivity index (χ2v) is 6.74. The zero-order chi connectivity index (χ0) is 17.1. The molecule has 0 fully saturated rings. The molecular formula is C17H27N3O2S. The highest BCUT2D eigenvalue weighted by Gasteiger charge is 2.14. The van der Waals surface area contributed by atoms with Crippen LogP contribution in [0.4, 0.5) is 5.69 Å². The van der Waals surface area contributed by atoms with E-state index in [2.05, 4.69) is 22.9 Å². The van der Waals surface area contributed by atoms with Crippen LogP contribution in [-0.4, -0.2) is 42.5 Å². The summed E-state index contributed by atoms with van der Waals surface area (Å²) < 4.78 is 0. The van der Waals surface area contributed by atoms with Gasteiger partial charge in [-0.25, -0.2) is 0 Å². The quantitative estimate of drug-likeness (QED) is 0.572. The summed E-state index contributed by atoms with van der Waals surface area (Å²) in [6.07, 6.45) is 1.08. The monoisotopic (exact) mass is 337 g/mol. The second kappa shape index (κ2) is 11.1. The largest absolute Gasteiger partial charge is 0.354 e. The molecule has 0 bridgehead atoms. The van der Waals surface area contributed by atoms with Crippen LogP contribution in [0, 0.1) is 6.92 Å². The first-order valence-electron chi connectivity index (χ1n) is 7.99. The zero-order valence-corrected chi connectivity index (χ0v) is 15.0. The minimum Gasteiger partial charge on any atom is -0.354 e. The molecule has 0 aliphatic carbocycles. The van der Waals surface area contributed by atoms with Crippen LogP contribution in [0.3, 0.4) is 0 Å². The van der Waals surface area contributed by atoms with Gasteiger partial charge in [0.1, 0.15) is 0 Å². The van der Waals surface area contributed by atoms with Crippen LogP contribution < -0.4 is 16.0 Å². The van der Waals surface area contributed by atoms with Crippen LogP contribution in [0.5, 0.6) is 0 Å². The number of nitrogens with one attached hydrogen (secondary N) is 3. The van der Waals surface area contributed by atoms with Crippen LogP contribution >= 0.6 is 11.8 Å². The van der Waals surface area contributed by atoms with Gasteiger partial charge in [0.15, 0.2) is 0 Å². The molecule has 1 aromatic carbocycles. The van der Waals surface area contributed by atoms with Gasteiger partial charge in [0.05, 0.1) is 11.0 Å². The van der Waals surface area contributed by atoms with Gasteiger partial charge in [-0.15, -0.1) is 11.8 Å². The Morgan fingerprint density at radius 2 is 1.83 bits per heavy atom. The third kappa shape index (κ3) is 8.62. The highest BCUT2D eigenvalue weighted by Crippen LogP contribution is 2.13. The van der Waals surface area contributed by atoms with Crippen LogP contribution in [0.1, 0.15) is 25.8 Å². The van der Waals surface area contributed by atoms with Crippen molar-refractivity contribution in [2.45, 2.75) is 32.4 Å². The average molecular weight is 337 g/mol. The molecule has 3 N–H and O–H groups in total. The molecule has 23 heavy (non-hydrogen) atoms. The van der Waals surface area contributed by atoms with Gasteiger partial charge < -0.3 is 16.0 Å². The Labute approximate surface area is 143 Å². The van der Waals surface area contributed by atoms with E-state index in [-0.39, 0.29) is 22.8 Å². The molecule has 0 aromatic heterocycles. The Hall–Kier alpha value is -1.53. The molecule has 1 aromatic rings. The Balaban J connectivity index is 2.20. The lowest BCUT2D eigenvalue weighted by Crippen LogP contribution is -2.36. The summed E-state index contributed by atoms with van der Waals surface area (Å²) in [6, 6.07) is 7.64. The van der Waals surface area contributed by atoms with Crippen molar-refractivity contribution in [3.8, 4) is 0 Å². The number of carbonyl (C=O) groups is 2. The summed E-state index contributed by atoms with van der Waals surface area (Å²) in [5.74, 6) is 0.135. The molecule has 0 radical (unpaired) electrons. The van der Waals surface area contributed by atoms with E-state index >= 15 is 0 Å². The molecule has 2 amide bonds. The molecule has 1 unspecified atom stereocenters. The lowest BCUT2D eigenvalue weighted by atomic mass is 10.2. The van der Waals surface area contributed by atoms with Gasteiger partial charge in [0.25, 0.3) is 0 Å². The van der Waals surface area contributed by atoms with E-state index in [1.165, 1.54) is 11.8 Å². The van der Waals surface area contributed by atoms with E-state index in [1.807, 2.05) is 38.1 Å². The number of hydrogen-bond donors (Lipinski definition) is 3. The van der Waals surface area contributed by atoms with Crippen LogP contribution in [0.2, 0.25) is 0 Å². The normalized spacial score (nSPS) is 11.8. The lowest BCUT2D eigenvalue weighted by Gasteiger charge is -2.12. The van der Waals surface area contributed by atoms with Crippen molar-refractivity contribution in [2.75, 3.05) is 30.7 Å². The van der Waals surface area contributed by atoms with E-state index in [9.17, 15) is 9.59 Å². The molecule has 128 valence electrons. The molecule has 0 aliphatic heterocycles. The predicted molar refractivity (Wildman–Crippen MR) is 97.9 cm³/mol. The van der Waals surface area contributed by atoms with Gasteiger partial charge in [0.2, 0.25) is 11.8 Å². The Kier molecular flexibility index (Phi) is 9.40. The third-order valence-electron chi connectivity index (χ3n) is 3.20. The van der Waals surface area contributed by atoms with Gasteiger partial charge in [0, 0.05) is 18.8 Å². The van der Waals surface area contributed by atoms with E-state index in [0.29, 0.717) is 6.54 Å². The fourth-order valence-corrected chi connectivity index (χ4v) is 2.54. The first-order valence-corrected chi connectivity index (χ1v) is 9.04. The summed E-state index contributed by atoms with van der Waals surface area (Å²) in [7, 11) is 0. The Bertz CT molecular complexity index is 491. The van der Waals surface area contributed by atoms with Crippen LogP contribution in [0.25, 0.3) is 0 Å². The highest BCUT2D eigenvalue weighted by molar-refractivity contribution is 8.01. The summed E-state index contributed by atoms with van der Waals surface area (Å²) in [6.45, 7) is 8.26. The standard InChI is InChI=1S/C17H27N3O2S/c1-4-9-18-10-11-19-17(22)14(3)23-12-16(21)20-15-7-5-13(2)6-8-15/h5-8,14,18H,4,9-12H2,1-3H3,(H,19,22)(H,20,21). The number of benzene rings is 1. The first-order chi connectivity index (χ1) is 11.0. The lowest BCUT2D eigenvalue weighted by molar-refractivity contribution is -0.120. The number of hydrogen-bond acceptors (Lipinski definition) is 4. The Morgan fingerprint density at radius 3 is 2.48 bits per heavy atom.